The van der Waals surface area contributed by atoms with Crippen LogP contribution in [0.25, 0.3) is 0 Å². The quantitative estimate of drug-likeness (QED) is 0.665. The van der Waals surface area contributed by atoms with Crippen molar-refractivity contribution < 1.29 is 9.53 Å². The summed E-state index contributed by atoms with van der Waals surface area (Å²) in [5.74, 6) is -0.401. The molecule has 1 atom stereocenters. The smallest absolute Gasteiger partial charge is 0.340 e. The zero-order valence-corrected chi connectivity index (χ0v) is 12.6. The van der Waals surface area contributed by atoms with Crippen molar-refractivity contribution >= 4 is 28.9 Å². The molecule has 1 unspecified atom stereocenters. The molecule has 1 aromatic rings. The highest BCUT2D eigenvalue weighted by Gasteiger charge is 2.21. The third kappa shape index (κ3) is 3.53. The Morgan fingerprint density at radius 3 is 2.63 bits per heavy atom. The number of hydrogen-bond acceptors (Lipinski definition) is 4. The van der Waals surface area contributed by atoms with Crippen LogP contribution in [-0.4, -0.2) is 25.7 Å². The topological polar surface area (TPSA) is 55.6 Å². The number of esters is 1. The molecule has 0 saturated carbocycles. The van der Waals surface area contributed by atoms with Crippen molar-refractivity contribution in [1.29, 1.82) is 0 Å². The molecule has 0 amide bonds. The van der Waals surface area contributed by atoms with Gasteiger partial charge in [0.1, 0.15) is 0 Å². The molecule has 1 rings (SSSR count). The van der Waals surface area contributed by atoms with Gasteiger partial charge in [-0.05, 0) is 32.4 Å². The molecule has 0 spiro atoms. The van der Waals surface area contributed by atoms with Gasteiger partial charge in [0.15, 0.2) is 0 Å². The molecular weight excluding hydrogens is 264 g/mol. The Morgan fingerprint density at radius 1 is 1.47 bits per heavy atom. The number of nitrogens with two attached hydrogens (primary N) is 1. The summed E-state index contributed by atoms with van der Waals surface area (Å²) in [4.78, 5) is 14.0. The van der Waals surface area contributed by atoms with Crippen molar-refractivity contribution in [2.45, 2.75) is 33.2 Å². The van der Waals surface area contributed by atoms with Crippen molar-refractivity contribution in [1.82, 2.24) is 0 Å². The van der Waals surface area contributed by atoms with Gasteiger partial charge in [0.25, 0.3) is 0 Å². The van der Waals surface area contributed by atoms with E-state index in [0.717, 1.165) is 6.42 Å². The van der Waals surface area contributed by atoms with Crippen molar-refractivity contribution in [3.8, 4) is 0 Å². The minimum atomic E-state index is -0.401. The number of carbonyl (C=O) groups is 1. The Balaban J connectivity index is 3.31. The maximum absolute atomic E-state index is 12.0. The van der Waals surface area contributed by atoms with Crippen molar-refractivity contribution in [3.05, 3.63) is 22.7 Å². The van der Waals surface area contributed by atoms with E-state index in [2.05, 4.69) is 13.8 Å². The summed E-state index contributed by atoms with van der Waals surface area (Å²) in [6, 6.07) is 3.52. The molecule has 0 heterocycles. The number of nitrogen functional groups attached to an aromatic ring is 1. The molecular formula is C14H21ClN2O2. The SMILES string of the molecule is CCOC(=O)c1cc(N)cc(Cl)c1N(C)C(C)CC. The van der Waals surface area contributed by atoms with Crippen molar-refractivity contribution in [3.63, 3.8) is 0 Å². The summed E-state index contributed by atoms with van der Waals surface area (Å²) in [5, 5.41) is 0.464. The summed E-state index contributed by atoms with van der Waals surface area (Å²) in [6.07, 6.45) is 0.944. The van der Waals surface area contributed by atoms with Gasteiger partial charge < -0.3 is 15.4 Å². The first-order valence-corrected chi connectivity index (χ1v) is 6.79. The predicted octanol–water partition coefficient (Wildman–Crippen LogP) is 3.33. The van der Waals surface area contributed by atoms with Crippen LogP contribution in [-0.2, 0) is 4.74 Å². The van der Waals surface area contributed by atoms with Gasteiger partial charge in [0.2, 0.25) is 0 Å². The zero-order chi connectivity index (χ0) is 14.6. The molecule has 0 aliphatic heterocycles. The molecule has 4 nitrogen and oxygen atoms in total. The number of benzene rings is 1. The fourth-order valence-corrected chi connectivity index (χ4v) is 2.20. The Morgan fingerprint density at radius 2 is 2.11 bits per heavy atom. The maximum atomic E-state index is 12.0. The molecule has 5 heteroatoms. The number of nitrogens with zero attached hydrogens (tertiary/aromatic N) is 1. The van der Waals surface area contributed by atoms with Gasteiger partial charge in [-0.2, -0.15) is 0 Å². The third-order valence-corrected chi connectivity index (χ3v) is 3.47. The average Bonchev–Trinajstić information content (AvgIpc) is 2.36. The van der Waals surface area contributed by atoms with Crippen LogP contribution in [0.5, 0.6) is 0 Å². The first-order chi connectivity index (χ1) is 8.92. The molecule has 19 heavy (non-hydrogen) atoms. The van der Waals surface area contributed by atoms with Crippen LogP contribution in [0.3, 0.4) is 0 Å². The summed E-state index contributed by atoms with van der Waals surface area (Å²) < 4.78 is 5.06. The van der Waals surface area contributed by atoms with Gasteiger partial charge in [-0.3, -0.25) is 0 Å². The van der Waals surface area contributed by atoms with E-state index in [9.17, 15) is 4.79 Å². The van der Waals surface area contributed by atoms with E-state index >= 15 is 0 Å². The highest BCUT2D eigenvalue weighted by molar-refractivity contribution is 6.34. The van der Waals surface area contributed by atoms with Crippen LogP contribution < -0.4 is 10.6 Å². The van der Waals surface area contributed by atoms with Gasteiger partial charge in [-0.15, -0.1) is 0 Å². The van der Waals surface area contributed by atoms with E-state index in [0.29, 0.717) is 28.6 Å². The minimum absolute atomic E-state index is 0.259. The van der Waals surface area contributed by atoms with E-state index in [1.165, 1.54) is 0 Å². The lowest BCUT2D eigenvalue weighted by atomic mass is 10.1. The Labute approximate surface area is 119 Å². The monoisotopic (exact) mass is 284 g/mol. The summed E-state index contributed by atoms with van der Waals surface area (Å²) in [5.41, 5.74) is 7.30. The lowest BCUT2D eigenvalue weighted by molar-refractivity contribution is 0.0527. The van der Waals surface area contributed by atoms with Crippen LogP contribution in [0.1, 0.15) is 37.6 Å². The fraction of sp³-hybridized carbons (Fsp3) is 0.500. The van der Waals surface area contributed by atoms with Gasteiger partial charge >= 0.3 is 5.97 Å². The van der Waals surface area contributed by atoms with Crippen LogP contribution in [0.4, 0.5) is 11.4 Å². The largest absolute Gasteiger partial charge is 0.462 e. The van der Waals surface area contributed by atoms with Gasteiger partial charge in [-0.1, -0.05) is 18.5 Å². The second kappa shape index (κ2) is 6.66. The number of carbonyl (C=O) groups excluding carboxylic acids is 1. The normalized spacial score (nSPS) is 12.1. The first kappa shape index (κ1) is 15.6. The standard InChI is InChI=1S/C14H21ClN2O2/c1-5-9(3)17(4)13-11(14(18)19-6-2)7-10(16)8-12(13)15/h7-9H,5-6,16H2,1-4H3. The van der Waals surface area contributed by atoms with Gasteiger partial charge in [0, 0.05) is 18.8 Å². The number of anilines is 2. The molecule has 0 radical (unpaired) electrons. The second-order valence-corrected chi connectivity index (χ2v) is 4.89. The Bertz CT molecular complexity index is 463. The van der Waals surface area contributed by atoms with Crippen molar-refractivity contribution in [2.24, 2.45) is 0 Å². The number of ether oxygens (including phenoxy) is 1. The number of halogens is 1. The predicted molar refractivity (Wildman–Crippen MR) is 80.0 cm³/mol. The highest BCUT2D eigenvalue weighted by atomic mass is 35.5. The molecule has 0 saturated heterocycles. The third-order valence-electron chi connectivity index (χ3n) is 3.19. The van der Waals surface area contributed by atoms with E-state index < -0.39 is 5.97 Å². The molecule has 0 fully saturated rings. The molecule has 0 aliphatic rings. The molecule has 0 aliphatic carbocycles. The maximum Gasteiger partial charge on any atom is 0.340 e. The Kier molecular flexibility index (Phi) is 5.48. The van der Waals surface area contributed by atoms with Gasteiger partial charge in [0.05, 0.1) is 22.9 Å². The van der Waals surface area contributed by atoms with Crippen LogP contribution >= 0.6 is 11.6 Å². The van der Waals surface area contributed by atoms with E-state index in [-0.39, 0.29) is 6.04 Å². The van der Waals surface area contributed by atoms with E-state index in [1.807, 2.05) is 11.9 Å². The molecule has 1 aromatic carbocycles. The average molecular weight is 285 g/mol. The van der Waals surface area contributed by atoms with E-state index in [1.54, 1.807) is 19.1 Å². The zero-order valence-electron chi connectivity index (χ0n) is 11.9. The second-order valence-electron chi connectivity index (χ2n) is 4.49. The van der Waals surface area contributed by atoms with Gasteiger partial charge in [-0.25, -0.2) is 4.79 Å². The molecule has 0 bridgehead atoms. The molecule has 2 N–H and O–H groups in total. The van der Waals surface area contributed by atoms with E-state index in [4.69, 9.17) is 22.1 Å². The van der Waals surface area contributed by atoms with Crippen LogP contribution in [0.2, 0.25) is 5.02 Å². The number of hydrogen-bond donors (Lipinski definition) is 1. The van der Waals surface area contributed by atoms with Crippen LogP contribution in [0, 0.1) is 0 Å². The Hall–Kier alpha value is -1.42. The van der Waals surface area contributed by atoms with Crippen molar-refractivity contribution in [2.75, 3.05) is 24.3 Å². The lowest BCUT2D eigenvalue weighted by Gasteiger charge is -2.29. The minimum Gasteiger partial charge on any atom is -0.462 e. The number of rotatable bonds is 5. The fourth-order valence-electron chi connectivity index (χ4n) is 1.84. The highest BCUT2D eigenvalue weighted by Crippen LogP contribution is 2.33. The summed E-state index contributed by atoms with van der Waals surface area (Å²) in [6.45, 7) is 6.24. The lowest BCUT2D eigenvalue weighted by Crippen LogP contribution is -2.30. The summed E-state index contributed by atoms with van der Waals surface area (Å²) in [7, 11) is 1.91. The molecule has 106 valence electrons. The van der Waals surface area contributed by atoms with Crippen LogP contribution in [0.15, 0.2) is 12.1 Å². The summed E-state index contributed by atoms with van der Waals surface area (Å²) >= 11 is 6.25. The molecule has 0 aromatic heterocycles. The first-order valence-electron chi connectivity index (χ1n) is 6.41.